The molecule has 1 N–H and O–H groups in total. The predicted octanol–water partition coefficient (Wildman–Crippen LogP) is 5.10. The van der Waals surface area contributed by atoms with Gasteiger partial charge in [0.1, 0.15) is 5.69 Å². The molecule has 0 saturated carbocycles. The van der Waals surface area contributed by atoms with Gasteiger partial charge in [-0.1, -0.05) is 17.7 Å². The van der Waals surface area contributed by atoms with Gasteiger partial charge in [-0.2, -0.15) is 0 Å². The Kier molecular flexibility index (Phi) is 4.30. The number of nitrogens with zero attached hydrogens (tertiary/aromatic N) is 1. The molecule has 0 aliphatic rings. The van der Waals surface area contributed by atoms with Gasteiger partial charge in [0, 0.05) is 21.9 Å². The van der Waals surface area contributed by atoms with E-state index in [1.165, 1.54) is 15.8 Å². The molecule has 1 atom stereocenters. The van der Waals surface area contributed by atoms with Crippen LogP contribution in [-0.2, 0) is 0 Å². The lowest BCUT2D eigenvalue weighted by Gasteiger charge is -2.16. The van der Waals surface area contributed by atoms with Gasteiger partial charge in [-0.15, -0.1) is 11.3 Å². The second-order valence-electron chi connectivity index (χ2n) is 4.63. The summed E-state index contributed by atoms with van der Waals surface area (Å²) >= 11 is 7.80. The van der Waals surface area contributed by atoms with E-state index >= 15 is 0 Å². The summed E-state index contributed by atoms with van der Waals surface area (Å²) in [6, 6.07) is 6.73. The third kappa shape index (κ3) is 2.94. The van der Waals surface area contributed by atoms with Gasteiger partial charge in [0.25, 0.3) is 5.69 Å². The standard InChI is InChI=1S/C14H15ClN2O2S/c1-8-7-11(10(3)20-8)9(2)16-14-12(15)5-4-6-13(14)17(18)19/h4-7,9,16H,1-3H3. The van der Waals surface area contributed by atoms with E-state index in [0.717, 1.165) is 5.56 Å². The average molecular weight is 311 g/mol. The van der Waals surface area contributed by atoms with Crippen molar-refractivity contribution in [3.63, 3.8) is 0 Å². The van der Waals surface area contributed by atoms with Crippen molar-refractivity contribution in [1.82, 2.24) is 0 Å². The monoisotopic (exact) mass is 310 g/mol. The molecule has 0 saturated heterocycles. The van der Waals surface area contributed by atoms with Gasteiger partial charge in [-0.25, -0.2) is 0 Å². The van der Waals surface area contributed by atoms with Crippen molar-refractivity contribution in [1.29, 1.82) is 0 Å². The maximum Gasteiger partial charge on any atom is 0.293 e. The van der Waals surface area contributed by atoms with Crippen LogP contribution in [0.2, 0.25) is 5.02 Å². The molecule has 0 aliphatic carbocycles. The third-order valence-electron chi connectivity index (χ3n) is 3.10. The van der Waals surface area contributed by atoms with E-state index in [2.05, 4.69) is 11.4 Å². The van der Waals surface area contributed by atoms with Crippen molar-refractivity contribution < 1.29 is 4.92 Å². The number of benzene rings is 1. The molecule has 0 fully saturated rings. The zero-order valence-corrected chi connectivity index (χ0v) is 13.0. The summed E-state index contributed by atoms with van der Waals surface area (Å²) in [5, 5.41) is 14.6. The van der Waals surface area contributed by atoms with Crippen LogP contribution in [-0.4, -0.2) is 4.92 Å². The van der Waals surface area contributed by atoms with Gasteiger partial charge in [0.2, 0.25) is 0 Å². The number of anilines is 1. The molecule has 0 aliphatic heterocycles. The number of halogens is 1. The number of hydrogen-bond donors (Lipinski definition) is 1. The molecule has 4 nitrogen and oxygen atoms in total. The minimum absolute atomic E-state index is 0.00560. The minimum atomic E-state index is -0.424. The largest absolute Gasteiger partial charge is 0.372 e. The summed E-state index contributed by atoms with van der Waals surface area (Å²) in [5.41, 5.74) is 1.51. The number of nitro benzene ring substituents is 1. The minimum Gasteiger partial charge on any atom is -0.372 e. The van der Waals surface area contributed by atoms with Crippen molar-refractivity contribution in [3.8, 4) is 0 Å². The number of thiophene rings is 1. The van der Waals surface area contributed by atoms with E-state index in [-0.39, 0.29) is 11.7 Å². The normalized spacial score (nSPS) is 12.2. The van der Waals surface area contributed by atoms with Crippen LogP contribution in [0.5, 0.6) is 0 Å². The first-order valence-corrected chi connectivity index (χ1v) is 7.36. The zero-order valence-electron chi connectivity index (χ0n) is 11.4. The van der Waals surface area contributed by atoms with Gasteiger partial charge in [0.15, 0.2) is 0 Å². The summed E-state index contributed by atoms with van der Waals surface area (Å²) in [7, 11) is 0. The SMILES string of the molecule is Cc1cc(C(C)Nc2c(Cl)cccc2[N+](=O)[O-])c(C)s1. The Hall–Kier alpha value is -1.59. The second kappa shape index (κ2) is 5.81. The highest BCUT2D eigenvalue weighted by Gasteiger charge is 2.20. The molecular formula is C14H15ClN2O2S. The van der Waals surface area contributed by atoms with Crippen LogP contribution in [0.25, 0.3) is 0 Å². The fourth-order valence-electron chi connectivity index (χ4n) is 2.18. The molecule has 0 amide bonds. The summed E-state index contributed by atoms with van der Waals surface area (Å²) in [4.78, 5) is 13.1. The highest BCUT2D eigenvalue weighted by Crippen LogP contribution is 2.36. The molecule has 6 heteroatoms. The van der Waals surface area contributed by atoms with E-state index in [4.69, 9.17) is 11.6 Å². The molecule has 106 valence electrons. The lowest BCUT2D eigenvalue weighted by molar-refractivity contribution is -0.384. The van der Waals surface area contributed by atoms with E-state index in [1.54, 1.807) is 23.5 Å². The molecule has 1 unspecified atom stereocenters. The van der Waals surface area contributed by atoms with Crippen LogP contribution in [0.3, 0.4) is 0 Å². The number of aryl methyl sites for hydroxylation is 2. The molecule has 0 spiro atoms. The van der Waals surface area contributed by atoms with Gasteiger partial charge in [0.05, 0.1) is 9.95 Å². The number of rotatable bonds is 4. The summed E-state index contributed by atoms with van der Waals surface area (Å²) in [6.45, 7) is 6.07. The number of nitro groups is 1. The molecule has 1 aromatic heterocycles. The highest BCUT2D eigenvalue weighted by molar-refractivity contribution is 7.12. The van der Waals surface area contributed by atoms with Gasteiger partial charge >= 0.3 is 0 Å². The fourth-order valence-corrected chi connectivity index (χ4v) is 3.43. The molecule has 1 aromatic carbocycles. The van der Waals surface area contributed by atoms with E-state index in [1.807, 2.05) is 20.8 Å². The molecule has 20 heavy (non-hydrogen) atoms. The van der Waals surface area contributed by atoms with Crippen molar-refractivity contribution in [2.45, 2.75) is 26.8 Å². The smallest absolute Gasteiger partial charge is 0.293 e. The molecule has 1 heterocycles. The second-order valence-corrected chi connectivity index (χ2v) is 6.49. The highest BCUT2D eigenvalue weighted by atomic mass is 35.5. The Morgan fingerprint density at radius 3 is 2.65 bits per heavy atom. The summed E-state index contributed by atoms with van der Waals surface area (Å²) in [5.74, 6) is 0. The molecule has 2 aromatic rings. The summed E-state index contributed by atoms with van der Waals surface area (Å²) < 4.78 is 0. The Labute approximate surface area is 126 Å². The lowest BCUT2D eigenvalue weighted by atomic mass is 10.1. The van der Waals surface area contributed by atoms with Crippen LogP contribution in [0.15, 0.2) is 24.3 Å². The quantitative estimate of drug-likeness (QED) is 0.631. The number of hydrogen-bond acceptors (Lipinski definition) is 4. The Morgan fingerprint density at radius 2 is 2.10 bits per heavy atom. The van der Waals surface area contributed by atoms with Crippen molar-refractivity contribution in [3.05, 3.63) is 54.7 Å². The van der Waals surface area contributed by atoms with Crippen LogP contribution >= 0.6 is 22.9 Å². The summed E-state index contributed by atoms with van der Waals surface area (Å²) in [6.07, 6.45) is 0. The molecular weight excluding hydrogens is 296 g/mol. The number of para-hydroxylation sites is 1. The van der Waals surface area contributed by atoms with E-state index in [0.29, 0.717) is 10.7 Å². The van der Waals surface area contributed by atoms with Crippen LogP contribution in [0.1, 0.15) is 28.3 Å². The van der Waals surface area contributed by atoms with Crippen LogP contribution in [0, 0.1) is 24.0 Å². The molecule has 0 radical (unpaired) electrons. The van der Waals surface area contributed by atoms with Gasteiger partial charge in [-0.3, -0.25) is 10.1 Å². The van der Waals surface area contributed by atoms with E-state index < -0.39 is 4.92 Å². The predicted molar refractivity (Wildman–Crippen MR) is 83.9 cm³/mol. The first kappa shape index (κ1) is 14.8. The number of nitrogens with one attached hydrogen (secondary N) is 1. The lowest BCUT2D eigenvalue weighted by Crippen LogP contribution is -2.09. The molecule has 0 bridgehead atoms. The molecule has 2 rings (SSSR count). The van der Waals surface area contributed by atoms with Gasteiger partial charge < -0.3 is 5.32 Å². The van der Waals surface area contributed by atoms with Crippen LogP contribution < -0.4 is 5.32 Å². The fraction of sp³-hybridized carbons (Fsp3) is 0.286. The first-order chi connectivity index (χ1) is 9.40. The topological polar surface area (TPSA) is 55.2 Å². The Bertz CT molecular complexity index is 655. The first-order valence-electron chi connectivity index (χ1n) is 6.16. The van der Waals surface area contributed by atoms with Gasteiger partial charge in [-0.05, 0) is 38.5 Å². The zero-order chi connectivity index (χ0) is 14.9. The Morgan fingerprint density at radius 1 is 1.40 bits per heavy atom. The van der Waals surface area contributed by atoms with Crippen molar-refractivity contribution >= 4 is 34.3 Å². The maximum atomic E-state index is 11.1. The average Bonchev–Trinajstić information content (AvgIpc) is 2.70. The van der Waals surface area contributed by atoms with Crippen molar-refractivity contribution in [2.24, 2.45) is 0 Å². The van der Waals surface area contributed by atoms with Crippen LogP contribution in [0.4, 0.5) is 11.4 Å². The Balaban J connectivity index is 2.35. The maximum absolute atomic E-state index is 11.1. The van der Waals surface area contributed by atoms with Crippen molar-refractivity contribution in [2.75, 3.05) is 5.32 Å². The third-order valence-corrected chi connectivity index (χ3v) is 4.39. The van der Waals surface area contributed by atoms with E-state index in [9.17, 15) is 10.1 Å².